The lowest BCUT2D eigenvalue weighted by atomic mass is 10.1. The molecule has 3 aromatic carbocycles. The second kappa shape index (κ2) is 12.2. The Hall–Kier alpha value is -2.60. The van der Waals surface area contributed by atoms with Crippen LogP contribution in [-0.2, 0) is 0 Å². The Balaban J connectivity index is 0.000000333. The Morgan fingerprint density at radius 2 is 0.727 bits per heavy atom. The summed E-state index contributed by atoms with van der Waals surface area (Å²) in [7, 11) is 0. The zero-order chi connectivity index (χ0) is 16.8. The quantitative estimate of drug-likeness (QED) is 0.501. The first kappa shape index (κ1) is 19.4. The van der Waals surface area contributed by atoms with E-state index in [0.717, 1.165) is 10.4 Å². The zero-order valence-electron chi connectivity index (χ0n) is 13.8. The van der Waals surface area contributed by atoms with Crippen molar-refractivity contribution < 1.29 is 0 Å². The highest BCUT2D eigenvalue weighted by Gasteiger charge is 1.85. The molecule has 0 aliphatic heterocycles. The number of benzene rings is 3. The standard InChI is InChI=1S/C10H8.C8H8.C2H6.C2H4/c1-2-6-10-8-4-3-7-9(10)5-1;1-7-5-3-4-6-8(7)2;2*1-2/h1-8H;3-6H,1-2H2;1-2H3;1-2H2. The molecule has 0 aromatic heterocycles. The highest BCUT2D eigenvalue weighted by Crippen LogP contribution is 2.11. The van der Waals surface area contributed by atoms with Gasteiger partial charge < -0.3 is 0 Å². The van der Waals surface area contributed by atoms with Gasteiger partial charge in [-0.05, 0) is 21.2 Å². The van der Waals surface area contributed by atoms with Crippen LogP contribution in [0.4, 0.5) is 0 Å². The SMILES string of the molecule is C=C.C=c1ccccc1=C.CC.c1ccc2ccccc2c1. The summed E-state index contributed by atoms with van der Waals surface area (Å²) in [5.41, 5.74) is 0. The van der Waals surface area contributed by atoms with E-state index in [1.54, 1.807) is 0 Å². The van der Waals surface area contributed by atoms with Crippen molar-refractivity contribution >= 4 is 23.9 Å². The molecule has 0 nitrogen and oxygen atoms in total. The second-order valence-corrected chi connectivity index (χ2v) is 4.12. The molecule has 0 bridgehead atoms. The van der Waals surface area contributed by atoms with Crippen LogP contribution in [0.1, 0.15) is 13.8 Å². The summed E-state index contributed by atoms with van der Waals surface area (Å²) in [6, 6.07) is 24.5. The molecule has 0 unspecified atom stereocenters. The fraction of sp³-hybridized carbons (Fsp3) is 0.0909. The lowest BCUT2D eigenvalue weighted by Crippen LogP contribution is -2.19. The first-order valence-electron chi connectivity index (χ1n) is 7.44. The average Bonchev–Trinajstić information content (AvgIpc) is 2.62. The topological polar surface area (TPSA) is 0 Å². The Labute approximate surface area is 134 Å². The summed E-state index contributed by atoms with van der Waals surface area (Å²) in [6.07, 6.45) is 0. The average molecular weight is 290 g/mol. The number of rotatable bonds is 0. The molecule has 22 heavy (non-hydrogen) atoms. The maximum absolute atomic E-state index is 3.76. The Bertz CT molecular complexity index is 647. The normalized spacial score (nSPS) is 8.27. The maximum atomic E-state index is 3.76. The summed E-state index contributed by atoms with van der Waals surface area (Å²) in [6.45, 7) is 17.5. The fourth-order valence-electron chi connectivity index (χ4n) is 1.69. The van der Waals surface area contributed by atoms with E-state index in [2.05, 4.69) is 74.8 Å². The molecule has 0 spiro atoms. The molecule has 3 aromatic rings. The molecule has 0 aliphatic carbocycles. The summed E-state index contributed by atoms with van der Waals surface area (Å²) >= 11 is 0. The predicted octanol–water partition coefficient (Wildman–Crippen LogP) is 5.18. The highest BCUT2D eigenvalue weighted by atomic mass is 13.9. The van der Waals surface area contributed by atoms with Crippen molar-refractivity contribution in [2.75, 3.05) is 0 Å². The van der Waals surface area contributed by atoms with E-state index < -0.39 is 0 Å². The molecule has 0 radical (unpaired) electrons. The van der Waals surface area contributed by atoms with Gasteiger partial charge in [-0.1, -0.05) is 99.8 Å². The van der Waals surface area contributed by atoms with Gasteiger partial charge in [-0.3, -0.25) is 0 Å². The van der Waals surface area contributed by atoms with Crippen LogP contribution in [-0.4, -0.2) is 0 Å². The van der Waals surface area contributed by atoms with Gasteiger partial charge in [0, 0.05) is 0 Å². The second-order valence-electron chi connectivity index (χ2n) is 4.12. The zero-order valence-corrected chi connectivity index (χ0v) is 13.8. The van der Waals surface area contributed by atoms with Gasteiger partial charge >= 0.3 is 0 Å². The number of hydrogen-bond donors (Lipinski definition) is 0. The Morgan fingerprint density at radius 1 is 0.500 bits per heavy atom. The summed E-state index contributed by atoms with van der Waals surface area (Å²) in [4.78, 5) is 0. The minimum absolute atomic E-state index is 1.01. The minimum atomic E-state index is 1.01. The third-order valence-corrected chi connectivity index (χ3v) is 2.78. The molecule has 0 fully saturated rings. The third-order valence-electron chi connectivity index (χ3n) is 2.78. The van der Waals surface area contributed by atoms with Gasteiger partial charge in [-0.2, -0.15) is 0 Å². The van der Waals surface area contributed by atoms with Gasteiger partial charge in [0.25, 0.3) is 0 Å². The molecule has 0 saturated carbocycles. The van der Waals surface area contributed by atoms with Crippen LogP contribution >= 0.6 is 0 Å². The molecule has 0 aliphatic rings. The van der Waals surface area contributed by atoms with Gasteiger partial charge in [0.1, 0.15) is 0 Å². The first-order valence-corrected chi connectivity index (χ1v) is 7.44. The van der Waals surface area contributed by atoms with Crippen LogP contribution in [0.2, 0.25) is 0 Å². The van der Waals surface area contributed by atoms with Crippen LogP contribution < -0.4 is 10.4 Å². The molecule has 0 amide bonds. The van der Waals surface area contributed by atoms with E-state index in [9.17, 15) is 0 Å². The van der Waals surface area contributed by atoms with Crippen molar-refractivity contribution in [3.63, 3.8) is 0 Å². The van der Waals surface area contributed by atoms with Gasteiger partial charge in [0.2, 0.25) is 0 Å². The molecular weight excluding hydrogens is 264 g/mol. The van der Waals surface area contributed by atoms with Gasteiger partial charge in [-0.25, -0.2) is 0 Å². The lowest BCUT2D eigenvalue weighted by molar-refractivity contribution is 1.50. The highest BCUT2D eigenvalue weighted by molar-refractivity contribution is 5.81. The van der Waals surface area contributed by atoms with Crippen molar-refractivity contribution in [1.29, 1.82) is 0 Å². The molecule has 114 valence electrons. The van der Waals surface area contributed by atoms with Crippen LogP contribution in [0.5, 0.6) is 0 Å². The minimum Gasteiger partial charge on any atom is -0.106 e. The lowest BCUT2D eigenvalue weighted by Gasteiger charge is -1.92. The summed E-state index contributed by atoms with van der Waals surface area (Å²) in [5, 5.41) is 4.63. The largest absolute Gasteiger partial charge is 0.106 e. The van der Waals surface area contributed by atoms with Crippen molar-refractivity contribution in [1.82, 2.24) is 0 Å². The first-order chi connectivity index (χ1) is 10.8. The molecule has 0 saturated heterocycles. The maximum Gasteiger partial charge on any atom is -0.0184 e. The van der Waals surface area contributed by atoms with Crippen molar-refractivity contribution in [3.8, 4) is 0 Å². The van der Waals surface area contributed by atoms with Gasteiger partial charge in [0.05, 0.1) is 0 Å². The van der Waals surface area contributed by atoms with Gasteiger partial charge in [0.15, 0.2) is 0 Å². The number of hydrogen-bond acceptors (Lipinski definition) is 0. The molecule has 3 rings (SSSR count). The van der Waals surface area contributed by atoms with E-state index in [4.69, 9.17) is 0 Å². The monoisotopic (exact) mass is 290 g/mol. The third kappa shape index (κ3) is 6.71. The molecule has 0 N–H and O–H groups in total. The van der Waals surface area contributed by atoms with Crippen LogP contribution in [0, 0.1) is 0 Å². The predicted molar refractivity (Wildman–Crippen MR) is 103 cm³/mol. The van der Waals surface area contributed by atoms with Crippen molar-refractivity contribution in [3.05, 3.63) is 96.4 Å². The molecule has 0 heteroatoms. The van der Waals surface area contributed by atoms with E-state index in [0.29, 0.717) is 0 Å². The van der Waals surface area contributed by atoms with Crippen LogP contribution in [0.15, 0.2) is 86.0 Å². The van der Waals surface area contributed by atoms with Crippen molar-refractivity contribution in [2.45, 2.75) is 13.8 Å². The molecule has 0 heterocycles. The van der Waals surface area contributed by atoms with Gasteiger partial charge in [-0.15, -0.1) is 13.2 Å². The van der Waals surface area contributed by atoms with Crippen molar-refractivity contribution in [2.24, 2.45) is 0 Å². The van der Waals surface area contributed by atoms with E-state index in [1.165, 1.54) is 10.8 Å². The van der Waals surface area contributed by atoms with E-state index in [1.807, 2.05) is 38.1 Å². The summed E-state index contributed by atoms with van der Waals surface area (Å²) < 4.78 is 0. The molecular formula is C22H26. The fourth-order valence-corrected chi connectivity index (χ4v) is 1.69. The van der Waals surface area contributed by atoms with Crippen LogP contribution in [0.25, 0.3) is 23.9 Å². The summed E-state index contributed by atoms with van der Waals surface area (Å²) in [5.74, 6) is 0. The van der Waals surface area contributed by atoms with E-state index >= 15 is 0 Å². The Morgan fingerprint density at radius 3 is 0.955 bits per heavy atom. The Kier molecular flexibility index (Phi) is 10.7. The molecule has 0 atom stereocenters. The van der Waals surface area contributed by atoms with Crippen LogP contribution in [0.3, 0.4) is 0 Å². The van der Waals surface area contributed by atoms with E-state index in [-0.39, 0.29) is 0 Å². The number of fused-ring (bicyclic) bond motifs is 1. The smallest absolute Gasteiger partial charge is 0.0184 e.